The molecule has 2 rings (SSSR count). The van der Waals surface area contributed by atoms with Crippen molar-refractivity contribution in [2.75, 3.05) is 0 Å². The third kappa shape index (κ3) is 2.22. The molecule has 1 nitrogen and oxygen atoms in total. The Labute approximate surface area is 98.9 Å². The van der Waals surface area contributed by atoms with Gasteiger partial charge in [0, 0.05) is 23.8 Å². The second-order valence-corrected chi connectivity index (χ2v) is 3.95. The highest BCUT2D eigenvalue weighted by molar-refractivity contribution is 6.17. The fourth-order valence-electron chi connectivity index (χ4n) is 1.54. The van der Waals surface area contributed by atoms with E-state index in [-0.39, 0.29) is 5.82 Å². The topological polar surface area (TPSA) is 12.9 Å². The number of benzene rings is 1. The lowest BCUT2D eigenvalue weighted by molar-refractivity contribution is 0.619. The molecular formula is C13H11ClFN. The lowest BCUT2D eigenvalue weighted by atomic mass is 10.0. The Morgan fingerprint density at radius 3 is 2.69 bits per heavy atom. The van der Waals surface area contributed by atoms with Crippen LogP contribution in [0.25, 0.3) is 11.1 Å². The van der Waals surface area contributed by atoms with Crippen LogP contribution in [0.3, 0.4) is 0 Å². The first-order valence-electron chi connectivity index (χ1n) is 4.97. The summed E-state index contributed by atoms with van der Waals surface area (Å²) in [6.45, 7) is 1.75. The van der Waals surface area contributed by atoms with E-state index in [2.05, 4.69) is 4.98 Å². The highest BCUT2D eigenvalue weighted by atomic mass is 35.5. The predicted molar refractivity (Wildman–Crippen MR) is 63.9 cm³/mol. The van der Waals surface area contributed by atoms with Gasteiger partial charge in [0.05, 0.1) is 0 Å². The number of alkyl halides is 1. The van der Waals surface area contributed by atoms with Crippen LogP contribution in [0.1, 0.15) is 11.1 Å². The molecule has 0 aliphatic heterocycles. The highest BCUT2D eigenvalue weighted by Gasteiger charge is 2.02. The average molecular weight is 236 g/mol. The third-order valence-corrected chi connectivity index (χ3v) is 2.75. The van der Waals surface area contributed by atoms with Crippen LogP contribution < -0.4 is 0 Å². The van der Waals surface area contributed by atoms with Crippen LogP contribution in [0.4, 0.5) is 4.39 Å². The van der Waals surface area contributed by atoms with Gasteiger partial charge >= 0.3 is 0 Å². The normalized spacial score (nSPS) is 10.4. The van der Waals surface area contributed by atoms with Gasteiger partial charge in [-0.15, -0.1) is 11.6 Å². The van der Waals surface area contributed by atoms with Crippen molar-refractivity contribution in [1.29, 1.82) is 0 Å². The Kier molecular flexibility index (Phi) is 3.20. The van der Waals surface area contributed by atoms with E-state index in [4.69, 9.17) is 11.6 Å². The van der Waals surface area contributed by atoms with Crippen molar-refractivity contribution in [2.24, 2.45) is 0 Å². The van der Waals surface area contributed by atoms with Crippen molar-refractivity contribution in [1.82, 2.24) is 4.98 Å². The molecule has 0 bridgehead atoms. The zero-order chi connectivity index (χ0) is 11.5. The van der Waals surface area contributed by atoms with E-state index in [0.29, 0.717) is 11.4 Å². The second kappa shape index (κ2) is 4.62. The first-order chi connectivity index (χ1) is 7.70. The SMILES string of the molecule is Cc1cc(-c2cncc(CCl)c2)ccc1F. The summed E-state index contributed by atoms with van der Waals surface area (Å²) in [4.78, 5) is 4.11. The Hall–Kier alpha value is -1.41. The largest absolute Gasteiger partial charge is 0.264 e. The average Bonchev–Trinajstić information content (AvgIpc) is 2.33. The van der Waals surface area contributed by atoms with Crippen molar-refractivity contribution in [3.63, 3.8) is 0 Å². The molecule has 82 valence electrons. The molecule has 0 spiro atoms. The van der Waals surface area contributed by atoms with Crippen molar-refractivity contribution >= 4 is 11.6 Å². The molecule has 1 aromatic heterocycles. The molecule has 0 amide bonds. The van der Waals surface area contributed by atoms with Crippen molar-refractivity contribution in [3.05, 3.63) is 53.6 Å². The van der Waals surface area contributed by atoms with E-state index in [9.17, 15) is 4.39 Å². The third-order valence-electron chi connectivity index (χ3n) is 2.44. The van der Waals surface area contributed by atoms with Gasteiger partial charge in [-0.1, -0.05) is 6.07 Å². The van der Waals surface area contributed by atoms with Gasteiger partial charge in [0.25, 0.3) is 0 Å². The van der Waals surface area contributed by atoms with Crippen LogP contribution >= 0.6 is 11.6 Å². The fraction of sp³-hybridized carbons (Fsp3) is 0.154. The van der Waals surface area contributed by atoms with Gasteiger partial charge in [-0.05, 0) is 41.8 Å². The Bertz CT molecular complexity index is 511. The van der Waals surface area contributed by atoms with E-state index in [0.717, 1.165) is 16.7 Å². The number of halogens is 2. The van der Waals surface area contributed by atoms with Crippen LogP contribution in [0.5, 0.6) is 0 Å². The number of aryl methyl sites for hydroxylation is 1. The maximum absolute atomic E-state index is 13.1. The number of hydrogen-bond donors (Lipinski definition) is 0. The van der Waals surface area contributed by atoms with Gasteiger partial charge in [0.1, 0.15) is 5.82 Å². The summed E-state index contributed by atoms with van der Waals surface area (Å²) in [6, 6.07) is 6.99. The first-order valence-corrected chi connectivity index (χ1v) is 5.50. The minimum atomic E-state index is -0.190. The summed E-state index contributed by atoms with van der Waals surface area (Å²) < 4.78 is 13.1. The smallest absolute Gasteiger partial charge is 0.126 e. The fourth-order valence-corrected chi connectivity index (χ4v) is 1.69. The summed E-state index contributed by atoms with van der Waals surface area (Å²) in [7, 11) is 0. The van der Waals surface area contributed by atoms with E-state index >= 15 is 0 Å². The Morgan fingerprint density at radius 2 is 2.00 bits per heavy atom. The lowest BCUT2D eigenvalue weighted by Gasteiger charge is -2.04. The van der Waals surface area contributed by atoms with E-state index < -0.39 is 0 Å². The summed E-state index contributed by atoms with van der Waals surface area (Å²) in [5, 5.41) is 0. The quantitative estimate of drug-likeness (QED) is 0.719. The first kappa shape index (κ1) is 11.1. The molecule has 1 heterocycles. The molecule has 2 aromatic rings. The molecule has 0 N–H and O–H groups in total. The van der Waals surface area contributed by atoms with Gasteiger partial charge in [-0.25, -0.2) is 4.39 Å². The van der Waals surface area contributed by atoms with Crippen molar-refractivity contribution in [2.45, 2.75) is 12.8 Å². The number of nitrogens with zero attached hydrogens (tertiary/aromatic N) is 1. The minimum absolute atomic E-state index is 0.190. The molecule has 0 aliphatic carbocycles. The molecule has 0 atom stereocenters. The predicted octanol–water partition coefficient (Wildman–Crippen LogP) is 3.93. The lowest BCUT2D eigenvalue weighted by Crippen LogP contribution is -1.87. The number of pyridine rings is 1. The van der Waals surface area contributed by atoms with E-state index in [1.807, 2.05) is 12.1 Å². The number of rotatable bonds is 2. The summed E-state index contributed by atoms with van der Waals surface area (Å²) >= 11 is 5.74. The van der Waals surface area contributed by atoms with Crippen LogP contribution in [0.15, 0.2) is 36.7 Å². The van der Waals surface area contributed by atoms with Gasteiger partial charge < -0.3 is 0 Å². The second-order valence-electron chi connectivity index (χ2n) is 3.68. The molecule has 0 unspecified atom stereocenters. The molecule has 0 fully saturated rings. The molecule has 0 radical (unpaired) electrons. The van der Waals surface area contributed by atoms with Gasteiger partial charge in [-0.2, -0.15) is 0 Å². The standard InChI is InChI=1S/C13H11ClFN/c1-9-4-11(2-3-13(9)15)12-5-10(6-14)7-16-8-12/h2-5,7-8H,6H2,1H3. The van der Waals surface area contributed by atoms with Crippen LogP contribution in [0, 0.1) is 12.7 Å². The van der Waals surface area contributed by atoms with E-state index in [1.165, 1.54) is 6.07 Å². The van der Waals surface area contributed by atoms with Crippen molar-refractivity contribution < 1.29 is 4.39 Å². The van der Waals surface area contributed by atoms with Gasteiger partial charge in [0.15, 0.2) is 0 Å². The Balaban J connectivity index is 2.46. The van der Waals surface area contributed by atoms with Crippen LogP contribution in [-0.4, -0.2) is 4.98 Å². The summed E-state index contributed by atoms with van der Waals surface area (Å²) in [6.07, 6.45) is 3.48. The molecular weight excluding hydrogens is 225 g/mol. The van der Waals surface area contributed by atoms with Gasteiger partial charge in [0.2, 0.25) is 0 Å². The highest BCUT2D eigenvalue weighted by Crippen LogP contribution is 2.22. The molecule has 3 heteroatoms. The van der Waals surface area contributed by atoms with Gasteiger partial charge in [-0.3, -0.25) is 4.98 Å². The molecule has 16 heavy (non-hydrogen) atoms. The minimum Gasteiger partial charge on any atom is -0.264 e. The number of aromatic nitrogens is 1. The maximum atomic E-state index is 13.1. The zero-order valence-electron chi connectivity index (χ0n) is 8.87. The summed E-state index contributed by atoms with van der Waals surface area (Å²) in [5.41, 5.74) is 3.51. The van der Waals surface area contributed by atoms with Crippen LogP contribution in [-0.2, 0) is 5.88 Å². The maximum Gasteiger partial charge on any atom is 0.126 e. The molecule has 1 aromatic carbocycles. The van der Waals surface area contributed by atoms with Crippen molar-refractivity contribution in [3.8, 4) is 11.1 Å². The molecule has 0 saturated carbocycles. The zero-order valence-corrected chi connectivity index (χ0v) is 9.63. The number of hydrogen-bond acceptors (Lipinski definition) is 1. The molecule has 0 saturated heterocycles. The Morgan fingerprint density at radius 1 is 1.19 bits per heavy atom. The monoisotopic (exact) mass is 235 g/mol. The van der Waals surface area contributed by atoms with E-state index in [1.54, 1.807) is 25.4 Å². The molecule has 0 aliphatic rings. The van der Waals surface area contributed by atoms with Crippen LogP contribution in [0.2, 0.25) is 0 Å². The summed E-state index contributed by atoms with van der Waals surface area (Å²) in [5.74, 6) is 0.242.